The number of fused-ring (bicyclic) bond motifs is 2. The smallest absolute Gasteiger partial charge is 0.341 e. The van der Waals surface area contributed by atoms with Crippen LogP contribution in [0.2, 0.25) is 0 Å². The second-order valence-corrected chi connectivity index (χ2v) is 11.6. The molecule has 212 valence electrons. The summed E-state index contributed by atoms with van der Waals surface area (Å²) in [5, 5.41) is 3.25. The quantitative estimate of drug-likeness (QED) is 0.272. The van der Waals surface area contributed by atoms with Crippen molar-refractivity contribution in [2.75, 3.05) is 37.6 Å². The Hall–Kier alpha value is -3.49. The maximum Gasteiger partial charge on any atom is 0.341 e. The standard InChI is InChI=1S/C26H27N3O8S3/c1-4-37-24(33)14-8-9-16-18(10-14)40-26(29(16)11-21(32)35-2)28-20(31)13-38-12-19(30)27-23-22(25(34)36-3)15-6-5-7-17(15)39-23/h8-10H,4-7,11-13H2,1-3H3,(H,27,30). The first kappa shape index (κ1) is 29.5. The number of nitrogens with one attached hydrogen (secondary N) is 1. The van der Waals surface area contributed by atoms with Gasteiger partial charge in [0, 0.05) is 4.88 Å². The lowest BCUT2D eigenvalue weighted by Crippen LogP contribution is -2.23. The van der Waals surface area contributed by atoms with E-state index in [0.717, 1.165) is 52.8 Å². The van der Waals surface area contributed by atoms with Crippen LogP contribution in [0.4, 0.5) is 5.00 Å². The molecule has 0 atom stereocenters. The van der Waals surface area contributed by atoms with E-state index in [4.69, 9.17) is 14.2 Å². The second-order valence-electron chi connectivity index (χ2n) is 8.55. The molecule has 0 fully saturated rings. The number of esters is 3. The highest BCUT2D eigenvalue weighted by Gasteiger charge is 2.28. The van der Waals surface area contributed by atoms with Gasteiger partial charge in [-0.3, -0.25) is 14.4 Å². The summed E-state index contributed by atoms with van der Waals surface area (Å²) in [7, 11) is 2.57. The Morgan fingerprint density at radius 1 is 1.05 bits per heavy atom. The molecular weight excluding hydrogens is 579 g/mol. The fourth-order valence-corrected chi connectivity index (χ4v) is 7.17. The van der Waals surface area contributed by atoms with Gasteiger partial charge in [0.25, 0.3) is 5.91 Å². The molecule has 0 bridgehead atoms. The number of carbonyl (C=O) groups excluding carboxylic acids is 5. The third-order valence-corrected chi connectivity index (χ3v) is 9.12. The number of ether oxygens (including phenoxy) is 3. The van der Waals surface area contributed by atoms with Gasteiger partial charge in [-0.25, -0.2) is 9.59 Å². The fraction of sp³-hybridized carbons (Fsp3) is 0.385. The Kier molecular flexibility index (Phi) is 9.76. The Morgan fingerprint density at radius 2 is 1.85 bits per heavy atom. The number of rotatable bonds is 10. The summed E-state index contributed by atoms with van der Waals surface area (Å²) >= 11 is 3.60. The average Bonchev–Trinajstić information content (AvgIpc) is 3.61. The van der Waals surface area contributed by atoms with Crippen molar-refractivity contribution in [2.24, 2.45) is 4.99 Å². The van der Waals surface area contributed by atoms with Crippen LogP contribution < -0.4 is 10.1 Å². The average molecular weight is 606 g/mol. The third kappa shape index (κ3) is 6.62. The van der Waals surface area contributed by atoms with Crippen molar-refractivity contribution in [1.29, 1.82) is 0 Å². The number of thiazole rings is 1. The molecule has 1 aliphatic rings. The zero-order valence-electron chi connectivity index (χ0n) is 22.1. The molecule has 2 aromatic heterocycles. The fourth-order valence-electron chi connectivity index (χ4n) is 4.19. The minimum absolute atomic E-state index is 0.0259. The van der Waals surface area contributed by atoms with Crippen molar-refractivity contribution in [1.82, 2.24) is 4.57 Å². The number of methoxy groups -OCH3 is 2. The first-order valence-corrected chi connectivity index (χ1v) is 15.1. The van der Waals surface area contributed by atoms with Crippen molar-refractivity contribution in [2.45, 2.75) is 32.7 Å². The van der Waals surface area contributed by atoms with Crippen LogP contribution in [-0.2, 0) is 48.0 Å². The number of hydrogen-bond acceptors (Lipinski definition) is 11. The van der Waals surface area contributed by atoms with Crippen molar-refractivity contribution >= 4 is 79.4 Å². The summed E-state index contributed by atoms with van der Waals surface area (Å²) in [5.41, 5.74) is 2.29. The van der Waals surface area contributed by atoms with Gasteiger partial charge in [0.1, 0.15) is 11.5 Å². The largest absolute Gasteiger partial charge is 0.468 e. The zero-order chi connectivity index (χ0) is 28.8. The van der Waals surface area contributed by atoms with E-state index in [2.05, 4.69) is 10.3 Å². The number of anilines is 1. The molecule has 4 rings (SSSR count). The van der Waals surface area contributed by atoms with Crippen LogP contribution >= 0.6 is 34.4 Å². The summed E-state index contributed by atoms with van der Waals surface area (Å²) in [6.07, 6.45) is 2.60. The van der Waals surface area contributed by atoms with E-state index >= 15 is 0 Å². The monoisotopic (exact) mass is 605 g/mol. The molecule has 14 heteroatoms. The normalized spacial score (nSPS) is 12.7. The van der Waals surface area contributed by atoms with E-state index in [9.17, 15) is 24.0 Å². The van der Waals surface area contributed by atoms with Gasteiger partial charge >= 0.3 is 17.9 Å². The lowest BCUT2D eigenvalue weighted by atomic mass is 10.1. The molecule has 1 N–H and O–H groups in total. The number of benzene rings is 1. The summed E-state index contributed by atoms with van der Waals surface area (Å²) in [5.74, 6) is -2.45. The number of thiophene rings is 1. The Balaban J connectivity index is 1.46. The molecule has 0 aliphatic heterocycles. The Bertz CT molecular complexity index is 1550. The number of aryl methyl sites for hydroxylation is 1. The van der Waals surface area contributed by atoms with Crippen LogP contribution in [0.25, 0.3) is 10.2 Å². The highest BCUT2D eigenvalue weighted by Crippen LogP contribution is 2.39. The number of amides is 2. The SMILES string of the molecule is CCOC(=O)c1ccc2c(c1)sc(=NC(=O)CSCC(=O)Nc1sc3c(c1C(=O)OC)CCC3)n2CC(=O)OC. The van der Waals surface area contributed by atoms with Crippen LogP contribution in [0.5, 0.6) is 0 Å². The molecule has 0 saturated heterocycles. The number of hydrogen-bond donors (Lipinski definition) is 1. The molecule has 0 saturated carbocycles. The van der Waals surface area contributed by atoms with Crippen molar-refractivity contribution < 1.29 is 38.2 Å². The molecule has 0 spiro atoms. The summed E-state index contributed by atoms with van der Waals surface area (Å²) in [6, 6.07) is 4.86. The molecule has 40 heavy (non-hydrogen) atoms. The molecule has 2 amide bonds. The second kappa shape index (κ2) is 13.2. The Labute approximate surface area is 241 Å². The maximum atomic E-state index is 12.7. The van der Waals surface area contributed by atoms with Gasteiger partial charge in [0.15, 0.2) is 4.80 Å². The van der Waals surface area contributed by atoms with E-state index in [1.54, 1.807) is 29.7 Å². The topological polar surface area (TPSA) is 142 Å². The predicted molar refractivity (Wildman–Crippen MR) is 152 cm³/mol. The van der Waals surface area contributed by atoms with Gasteiger partial charge in [0.2, 0.25) is 5.91 Å². The third-order valence-electron chi connectivity index (χ3n) is 5.95. The van der Waals surface area contributed by atoms with Crippen LogP contribution in [0, 0.1) is 0 Å². The van der Waals surface area contributed by atoms with Gasteiger partial charge in [-0.1, -0.05) is 11.3 Å². The predicted octanol–water partition coefficient (Wildman–Crippen LogP) is 3.19. The van der Waals surface area contributed by atoms with Crippen LogP contribution in [0.1, 0.15) is 44.5 Å². The van der Waals surface area contributed by atoms with E-state index in [1.807, 2.05) is 0 Å². The highest BCUT2D eigenvalue weighted by molar-refractivity contribution is 8.00. The number of carbonyl (C=O) groups is 5. The van der Waals surface area contributed by atoms with Gasteiger partial charge in [0.05, 0.1) is 53.7 Å². The van der Waals surface area contributed by atoms with Gasteiger partial charge in [-0.15, -0.1) is 23.1 Å². The molecule has 0 unspecified atom stereocenters. The Morgan fingerprint density at radius 3 is 2.58 bits per heavy atom. The van der Waals surface area contributed by atoms with E-state index < -0.39 is 23.8 Å². The van der Waals surface area contributed by atoms with Gasteiger partial charge in [-0.2, -0.15) is 4.99 Å². The lowest BCUT2D eigenvalue weighted by molar-refractivity contribution is -0.141. The van der Waals surface area contributed by atoms with Crippen molar-refractivity contribution in [3.05, 3.63) is 44.6 Å². The number of aromatic nitrogens is 1. The molecular formula is C26H27N3O8S3. The summed E-state index contributed by atoms with van der Waals surface area (Å²) < 4.78 is 16.9. The van der Waals surface area contributed by atoms with Crippen molar-refractivity contribution in [3.63, 3.8) is 0 Å². The van der Waals surface area contributed by atoms with E-state index in [1.165, 1.54) is 25.6 Å². The summed E-state index contributed by atoms with van der Waals surface area (Å²) in [6.45, 7) is 1.77. The van der Waals surface area contributed by atoms with Gasteiger partial charge in [-0.05, 0) is 49.9 Å². The van der Waals surface area contributed by atoms with Crippen molar-refractivity contribution in [3.8, 4) is 0 Å². The van der Waals surface area contributed by atoms with Crippen LogP contribution in [0.15, 0.2) is 23.2 Å². The molecule has 1 aliphatic carbocycles. The molecule has 3 aromatic rings. The van der Waals surface area contributed by atoms with Gasteiger partial charge < -0.3 is 24.1 Å². The van der Waals surface area contributed by atoms with E-state index in [-0.39, 0.29) is 35.4 Å². The highest BCUT2D eigenvalue weighted by atomic mass is 32.2. The summed E-state index contributed by atoms with van der Waals surface area (Å²) in [4.78, 5) is 67.3. The van der Waals surface area contributed by atoms with Crippen LogP contribution in [-0.4, -0.2) is 66.6 Å². The van der Waals surface area contributed by atoms with E-state index in [0.29, 0.717) is 26.3 Å². The molecule has 11 nitrogen and oxygen atoms in total. The van der Waals surface area contributed by atoms with Crippen LogP contribution in [0.3, 0.4) is 0 Å². The minimum Gasteiger partial charge on any atom is -0.468 e. The molecule has 0 radical (unpaired) electrons. The molecule has 1 aromatic carbocycles. The molecule has 2 heterocycles. The minimum atomic E-state index is -0.528. The zero-order valence-corrected chi connectivity index (χ0v) is 24.5. The first-order valence-electron chi connectivity index (χ1n) is 12.3. The first-order chi connectivity index (χ1) is 19.2. The maximum absolute atomic E-state index is 12.7. The number of nitrogens with zero attached hydrogens (tertiary/aromatic N) is 2. The number of thioether (sulfide) groups is 1. The lowest BCUT2D eigenvalue weighted by Gasteiger charge is -2.06.